The third-order valence-corrected chi connectivity index (χ3v) is 3.78. The number of rotatable bonds is 2. The van der Waals surface area contributed by atoms with Crippen LogP contribution in [0.15, 0.2) is 40.3 Å². The SMILES string of the molecule is COC(=O)C1=C(C)OC(N)=C(C#N)[C@H]1c1cccs1. The Morgan fingerprint density at radius 1 is 1.63 bits per heavy atom. The molecule has 1 atom stereocenters. The van der Waals surface area contributed by atoms with Gasteiger partial charge in [0, 0.05) is 4.88 Å². The Balaban J connectivity index is 2.61. The van der Waals surface area contributed by atoms with Gasteiger partial charge in [-0.25, -0.2) is 4.79 Å². The lowest BCUT2D eigenvalue weighted by Crippen LogP contribution is -2.24. The van der Waals surface area contributed by atoms with E-state index in [1.165, 1.54) is 18.4 Å². The average molecular weight is 276 g/mol. The average Bonchev–Trinajstić information content (AvgIpc) is 2.90. The first-order chi connectivity index (χ1) is 9.10. The molecule has 0 radical (unpaired) electrons. The first-order valence-corrected chi connectivity index (χ1v) is 6.38. The van der Waals surface area contributed by atoms with Crippen LogP contribution < -0.4 is 5.73 Å². The van der Waals surface area contributed by atoms with Crippen molar-refractivity contribution in [3.05, 3.63) is 45.2 Å². The number of hydrogen-bond acceptors (Lipinski definition) is 6. The van der Waals surface area contributed by atoms with Crippen LogP contribution in [0.5, 0.6) is 0 Å². The predicted octanol–water partition coefficient (Wildman–Crippen LogP) is 2.00. The van der Waals surface area contributed by atoms with Gasteiger partial charge >= 0.3 is 5.97 Å². The van der Waals surface area contributed by atoms with Crippen molar-refractivity contribution in [2.75, 3.05) is 7.11 Å². The fourth-order valence-corrected chi connectivity index (χ4v) is 2.84. The second-order valence-corrected chi connectivity index (χ2v) is 4.88. The minimum atomic E-state index is -0.522. The van der Waals surface area contributed by atoms with Gasteiger partial charge in [-0.3, -0.25) is 0 Å². The molecule has 98 valence electrons. The summed E-state index contributed by atoms with van der Waals surface area (Å²) in [5, 5.41) is 11.1. The number of nitriles is 1. The highest BCUT2D eigenvalue weighted by Crippen LogP contribution is 2.40. The van der Waals surface area contributed by atoms with Gasteiger partial charge in [0.2, 0.25) is 5.88 Å². The molecule has 19 heavy (non-hydrogen) atoms. The molecule has 0 aliphatic carbocycles. The van der Waals surface area contributed by atoms with E-state index in [2.05, 4.69) is 0 Å². The van der Waals surface area contributed by atoms with E-state index in [4.69, 9.17) is 15.2 Å². The third kappa shape index (κ3) is 2.20. The Morgan fingerprint density at radius 2 is 2.37 bits per heavy atom. The third-order valence-electron chi connectivity index (χ3n) is 2.84. The molecule has 0 saturated carbocycles. The van der Waals surface area contributed by atoms with Crippen molar-refractivity contribution in [2.45, 2.75) is 12.8 Å². The Bertz CT molecular complexity index is 608. The highest BCUT2D eigenvalue weighted by atomic mass is 32.1. The van der Waals surface area contributed by atoms with E-state index < -0.39 is 11.9 Å². The second-order valence-electron chi connectivity index (χ2n) is 3.90. The van der Waals surface area contributed by atoms with Gasteiger partial charge in [0.15, 0.2) is 0 Å². The number of methoxy groups -OCH3 is 1. The molecule has 2 rings (SSSR count). The topological polar surface area (TPSA) is 85.3 Å². The Morgan fingerprint density at radius 3 is 2.89 bits per heavy atom. The number of carbonyl (C=O) groups is 1. The van der Waals surface area contributed by atoms with Crippen LogP contribution in [0.2, 0.25) is 0 Å². The summed E-state index contributed by atoms with van der Waals surface area (Å²) in [6, 6.07) is 5.72. The van der Waals surface area contributed by atoms with E-state index in [1.54, 1.807) is 6.92 Å². The summed E-state index contributed by atoms with van der Waals surface area (Å²) in [5.74, 6) is -0.643. The number of esters is 1. The second kappa shape index (κ2) is 5.16. The first kappa shape index (κ1) is 13.2. The van der Waals surface area contributed by atoms with Crippen LogP contribution in [0.1, 0.15) is 17.7 Å². The van der Waals surface area contributed by atoms with Crippen LogP contribution in [0.4, 0.5) is 0 Å². The van der Waals surface area contributed by atoms with Gasteiger partial charge in [-0.05, 0) is 18.4 Å². The molecule has 5 nitrogen and oxygen atoms in total. The fraction of sp³-hybridized carbons (Fsp3) is 0.231. The number of carbonyl (C=O) groups excluding carboxylic acids is 1. The molecule has 1 aromatic rings. The van der Waals surface area contributed by atoms with Gasteiger partial charge in [0.25, 0.3) is 0 Å². The van der Waals surface area contributed by atoms with E-state index in [0.29, 0.717) is 11.3 Å². The van der Waals surface area contributed by atoms with Crippen molar-refractivity contribution < 1.29 is 14.3 Å². The Labute approximate surface area is 114 Å². The zero-order chi connectivity index (χ0) is 14.0. The molecule has 2 N–H and O–H groups in total. The number of ether oxygens (including phenoxy) is 2. The quantitative estimate of drug-likeness (QED) is 0.835. The summed E-state index contributed by atoms with van der Waals surface area (Å²) in [7, 11) is 1.29. The number of nitrogens with zero attached hydrogens (tertiary/aromatic N) is 1. The summed E-state index contributed by atoms with van der Waals surface area (Å²) in [5.41, 5.74) is 6.28. The molecule has 0 amide bonds. The summed E-state index contributed by atoms with van der Waals surface area (Å²) < 4.78 is 10.0. The monoisotopic (exact) mass is 276 g/mol. The molecule has 1 aliphatic heterocycles. The van der Waals surface area contributed by atoms with Crippen LogP contribution in [0.25, 0.3) is 0 Å². The van der Waals surface area contributed by atoms with E-state index in [9.17, 15) is 10.1 Å². The molecule has 0 spiro atoms. The summed E-state index contributed by atoms with van der Waals surface area (Å²) in [6.45, 7) is 1.63. The van der Waals surface area contributed by atoms with Gasteiger partial charge in [0.05, 0.1) is 18.6 Å². The largest absolute Gasteiger partial charge is 0.466 e. The van der Waals surface area contributed by atoms with Gasteiger partial charge in [-0.1, -0.05) is 6.07 Å². The highest BCUT2D eigenvalue weighted by Gasteiger charge is 2.36. The van der Waals surface area contributed by atoms with Crippen molar-refractivity contribution in [1.82, 2.24) is 0 Å². The molecular formula is C13H12N2O3S. The Kier molecular flexibility index (Phi) is 3.58. The van der Waals surface area contributed by atoms with E-state index in [1.807, 2.05) is 23.6 Å². The highest BCUT2D eigenvalue weighted by molar-refractivity contribution is 7.10. The zero-order valence-electron chi connectivity index (χ0n) is 10.5. The molecule has 0 unspecified atom stereocenters. The van der Waals surface area contributed by atoms with E-state index in [-0.39, 0.29) is 11.5 Å². The smallest absolute Gasteiger partial charge is 0.338 e. The van der Waals surface area contributed by atoms with Crippen molar-refractivity contribution >= 4 is 17.3 Å². The lowest BCUT2D eigenvalue weighted by Gasteiger charge is -2.25. The van der Waals surface area contributed by atoms with Crippen molar-refractivity contribution in [2.24, 2.45) is 5.73 Å². The number of hydrogen-bond donors (Lipinski definition) is 1. The standard InChI is InChI=1S/C13H12N2O3S/c1-7-10(13(16)17-2)11(9-4-3-5-19-9)8(6-14)12(15)18-7/h3-5,11H,15H2,1-2H3/t11-/m0/s1. The van der Waals surface area contributed by atoms with E-state index >= 15 is 0 Å². The maximum Gasteiger partial charge on any atom is 0.338 e. The maximum absolute atomic E-state index is 11.9. The van der Waals surface area contributed by atoms with Crippen molar-refractivity contribution in [3.63, 3.8) is 0 Å². The molecule has 2 heterocycles. The molecule has 1 aliphatic rings. The maximum atomic E-state index is 11.9. The first-order valence-electron chi connectivity index (χ1n) is 5.50. The molecule has 0 bridgehead atoms. The predicted molar refractivity (Wildman–Crippen MR) is 69.7 cm³/mol. The minimum Gasteiger partial charge on any atom is -0.466 e. The van der Waals surface area contributed by atoms with Gasteiger partial charge in [-0.2, -0.15) is 5.26 Å². The van der Waals surface area contributed by atoms with Crippen LogP contribution >= 0.6 is 11.3 Å². The Hall–Kier alpha value is -2.26. The van der Waals surface area contributed by atoms with Crippen LogP contribution in [-0.2, 0) is 14.3 Å². The molecule has 0 fully saturated rings. The van der Waals surface area contributed by atoms with Gasteiger partial charge < -0.3 is 15.2 Å². The van der Waals surface area contributed by atoms with Crippen LogP contribution in [-0.4, -0.2) is 13.1 Å². The minimum absolute atomic E-state index is 0.0334. The van der Waals surface area contributed by atoms with Gasteiger partial charge in [0.1, 0.15) is 17.4 Å². The summed E-state index contributed by atoms with van der Waals surface area (Å²) in [4.78, 5) is 12.8. The lowest BCUT2D eigenvalue weighted by atomic mass is 9.88. The number of allylic oxidation sites excluding steroid dienone is 2. The molecule has 0 aromatic carbocycles. The van der Waals surface area contributed by atoms with E-state index in [0.717, 1.165) is 4.88 Å². The number of thiophene rings is 1. The van der Waals surface area contributed by atoms with Crippen LogP contribution in [0.3, 0.4) is 0 Å². The molecule has 1 aromatic heterocycles. The zero-order valence-corrected chi connectivity index (χ0v) is 11.3. The van der Waals surface area contributed by atoms with Gasteiger partial charge in [-0.15, -0.1) is 11.3 Å². The summed E-state index contributed by atoms with van der Waals surface area (Å²) in [6.07, 6.45) is 0. The van der Waals surface area contributed by atoms with Crippen molar-refractivity contribution in [3.8, 4) is 6.07 Å². The number of nitrogens with two attached hydrogens (primary N) is 1. The normalized spacial score (nSPS) is 18.9. The lowest BCUT2D eigenvalue weighted by molar-refractivity contribution is -0.136. The van der Waals surface area contributed by atoms with Crippen LogP contribution in [0, 0.1) is 11.3 Å². The molecular weight excluding hydrogens is 264 g/mol. The summed E-state index contributed by atoms with van der Waals surface area (Å²) >= 11 is 1.45. The van der Waals surface area contributed by atoms with Crippen molar-refractivity contribution in [1.29, 1.82) is 5.26 Å². The molecule has 0 saturated heterocycles. The molecule has 6 heteroatoms. The fourth-order valence-electron chi connectivity index (χ4n) is 2.00.